The van der Waals surface area contributed by atoms with Gasteiger partial charge in [-0.3, -0.25) is 0 Å². The van der Waals surface area contributed by atoms with Crippen molar-refractivity contribution >= 4 is 68.2 Å². The quantitative estimate of drug-likeness (QED) is 0.0423. The van der Waals surface area contributed by atoms with E-state index in [1.54, 1.807) is 48.5 Å². The maximum Gasteiger partial charge on any atom is 0.354 e. The van der Waals surface area contributed by atoms with E-state index in [2.05, 4.69) is 31.7 Å². The Morgan fingerprint density at radius 3 is 1.30 bits per heavy atom. The van der Waals surface area contributed by atoms with Crippen LogP contribution < -0.4 is 21.7 Å². The van der Waals surface area contributed by atoms with Crippen LogP contribution in [-0.4, -0.2) is 78.6 Å². The van der Waals surface area contributed by atoms with Crippen LogP contribution in [-0.2, 0) is 0 Å². The first-order valence-corrected chi connectivity index (χ1v) is 14.8. The smallest absolute Gasteiger partial charge is 0.354 e. The van der Waals surface area contributed by atoms with E-state index in [0.29, 0.717) is 67.2 Å². The summed E-state index contributed by atoms with van der Waals surface area (Å²) in [6, 6.07) is 20.9. The fourth-order valence-electron chi connectivity index (χ4n) is 4.82. The lowest BCUT2D eigenvalue weighted by molar-refractivity contribution is 0.0680. The number of hydrazine groups is 2. The van der Waals surface area contributed by atoms with Crippen molar-refractivity contribution in [3.8, 4) is 22.3 Å². The van der Waals surface area contributed by atoms with E-state index in [1.807, 2.05) is 12.1 Å². The van der Waals surface area contributed by atoms with E-state index in [0.717, 1.165) is 0 Å². The van der Waals surface area contributed by atoms with Crippen LogP contribution in [0.1, 0.15) is 32.1 Å². The number of nitrogens with zero attached hydrogens (tertiary/aromatic N) is 2. The van der Waals surface area contributed by atoms with Crippen LogP contribution in [0.4, 0.5) is 0 Å². The summed E-state index contributed by atoms with van der Waals surface area (Å²) in [5.41, 5.74) is 15.2. The van der Waals surface area contributed by atoms with Gasteiger partial charge in [-0.05, 0) is 34.4 Å². The Morgan fingerprint density at radius 1 is 0.609 bits per heavy atom. The van der Waals surface area contributed by atoms with Gasteiger partial charge in [0.2, 0.25) is 0 Å². The first-order valence-electron chi connectivity index (χ1n) is 14.0. The molecular weight excluding hydrogens is 629 g/mol. The molecule has 2 aromatic heterocycles. The summed E-state index contributed by atoms with van der Waals surface area (Å²) >= 11 is 10.8. The molecule has 0 aliphatic heterocycles. The number of carboxylic acid groups (broad SMARTS) is 2. The zero-order valence-corrected chi connectivity index (χ0v) is 25.7. The Hall–Kier alpha value is -4.96. The van der Waals surface area contributed by atoms with E-state index in [4.69, 9.17) is 34.6 Å². The fourth-order valence-corrected chi connectivity index (χ4v) is 5.23. The number of fused-ring (bicyclic) bond motifs is 3. The first kappa shape index (κ1) is 32.4. The summed E-state index contributed by atoms with van der Waals surface area (Å²) in [5.74, 6) is -2.50. The molecule has 0 atom stereocenters. The van der Waals surface area contributed by atoms with Gasteiger partial charge in [0.1, 0.15) is 21.4 Å². The van der Waals surface area contributed by atoms with Crippen molar-refractivity contribution in [3.63, 3.8) is 0 Å². The molecule has 0 saturated carbocycles. The number of benzene rings is 3. The number of aliphatic hydroxyl groups excluding tert-OH is 2. The molecule has 234 valence electrons. The Balaban J connectivity index is 1.63. The molecule has 0 aliphatic carbocycles. The summed E-state index contributed by atoms with van der Waals surface area (Å²) < 4.78 is 0. The van der Waals surface area contributed by atoms with Gasteiger partial charge in [-0.1, -0.05) is 85.1 Å². The number of nitrogens with one attached hydrogen (secondary N) is 4. The monoisotopic (exact) mass is 656 g/mol. The van der Waals surface area contributed by atoms with E-state index >= 15 is 0 Å². The predicted octanol–water partition coefficient (Wildman–Crippen LogP) is 3.04. The maximum atomic E-state index is 12.2. The normalized spacial score (nSPS) is 11.0. The SMILES string of the molecule is O=C(O)c1cc(-c2ccc(C(=S)NNCCO)cc2)c2ccc3c(-c4ccc(C(=S)NNCCO)cc4)cc(C(=O)O)nc3c2n1. The fraction of sp³-hybridized carbons (Fsp3) is 0.125. The van der Waals surface area contributed by atoms with Crippen LogP contribution in [0.25, 0.3) is 44.1 Å². The summed E-state index contributed by atoms with van der Waals surface area (Å²) in [6.07, 6.45) is 0. The predicted molar refractivity (Wildman–Crippen MR) is 182 cm³/mol. The zero-order valence-electron chi connectivity index (χ0n) is 24.1. The summed E-state index contributed by atoms with van der Waals surface area (Å²) in [4.78, 5) is 34.1. The van der Waals surface area contributed by atoms with Gasteiger partial charge in [-0.25, -0.2) is 30.4 Å². The molecule has 0 radical (unpaired) electrons. The third-order valence-corrected chi connectivity index (χ3v) is 7.67. The molecule has 0 aliphatic rings. The minimum atomic E-state index is -1.25. The molecule has 5 rings (SSSR count). The second-order valence-corrected chi connectivity index (χ2v) is 10.8. The number of hydrogen-bond donors (Lipinski definition) is 8. The third-order valence-electron chi connectivity index (χ3n) is 6.99. The lowest BCUT2D eigenvalue weighted by atomic mass is 9.94. The Kier molecular flexibility index (Phi) is 10.2. The van der Waals surface area contributed by atoms with Crippen LogP contribution in [0.3, 0.4) is 0 Å². The van der Waals surface area contributed by atoms with Gasteiger partial charge in [0.25, 0.3) is 0 Å². The van der Waals surface area contributed by atoms with Gasteiger partial charge in [0.15, 0.2) is 0 Å². The number of thiocarbonyl (C=S) groups is 2. The molecule has 14 heteroatoms. The second-order valence-electron chi connectivity index (χ2n) is 9.94. The highest BCUT2D eigenvalue weighted by atomic mass is 32.1. The van der Waals surface area contributed by atoms with E-state index < -0.39 is 11.9 Å². The number of aromatic nitrogens is 2. The van der Waals surface area contributed by atoms with Crippen molar-refractivity contribution in [2.24, 2.45) is 0 Å². The van der Waals surface area contributed by atoms with Gasteiger partial charge in [0, 0.05) is 35.0 Å². The van der Waals surface area contributed by atoms with Gasteiger partial charge >= 0.3 is 11.9 Å². The van der Waals surface area contributed by atoms with Crippen molar-refractivity contribution in [2.45, 2.75) is 0 Å². The molecule has 0 bridgehead atoms. The molecule has 12 nitrogen and oxygen atoms in total. The zero-order chi connectivity index (χ0) is 32.8. The summed E-state index contributed by atoms with van der Waals surface area (Å²) in [6.45, 7) is 0.510. The topological polar surface area (TPSA) is 189 Å². The number of carboxylic acids is 2. The van der Waals surface area contributed by atoms with Gasteiger partial charge in [-0.15, -0.1) is 0 Å². The molecule has 0 amide bonds. The standard InChI is InChI=1S/C32H28N6O6S2/c39-13-11-33-37-29(45)19-5-1-17(2-6-19)23-15-25(31(41)42)35-27-21(23)9-10-22-24(16-26(32(43)44)36-28(22)27)18-3-7-20(8-4-18)30(46)38-34-12-14-40/h1-10,15-16,33-34,39-40H,11-14H2,(H,37,45)(H,38,46)(H,41,42)(H,43,44). The molecule has 0 fully saturated rings. The highest BCUT2D eigenvalue weighted by Gasteiger charge is 2.19. The largest absolute Gasteiger partial charge is 0.477 e. The lowest BCUT2D eigenvalue weighted by Gasteiger charge is -2.14. The third kappa shape index (κ3) is 6.97. The number of pyridine rings is 2. The highest BCUT2D eigenvalue weighted by Crippen LogP contribution is 2.36. The molecule has 0 spiro atoms. The lowest BCUT2D eigenvalue weighted by Crippen LogP contribution is -2.38. The number of carbonyl (C=O) groups is 2. The Bertz CT molecular complexity index is 1830. The van der Waals surface area contributed by atoms with Crippen molar-refractivity contribution in [3.05, 3.63) is 95.3 Å². The first-order chi connectivity index (χ1) is 22.2. The van der Waals surface area contributed by atoms with Gasteiger partial charge in [-0.2, -0.15) is 0 Å². The molecule has 0 saturated heterocycles. The maximum absolute atomic E-state index is 12.2. The Morgan fingerprint density at radius 2 is 0.978 bits per heavy atom. The molecule has 5 aromatic rings. The molecule has 3 aromatic carbocycles. The second kappa shape index (κ2) is 14.4. The van der Waals surface area contributed by atoms with E-state index in [9.17, 15) is 19.8 Å². The van der Waals surface area contributed by atoms with Crippen molar-refractivity contribution < 1.29 is 30.0 Å². The number of rotatable bonds is 12. The van der Waals surface area contributed by atoms with Crippen molar-refractivity contribution in [1.29, 1.82) is 0 Å². The van der Waals surface area contributed by atoms with Crippen LogP contribution >= 0.6 is 24.4 Å². The van der Waals surface area contributed by atoms with Crippen LogP contribution in [0, 0.1) is 0 Å². The van der Waals surface area contributed by atoms with E-state index in [1.165, 1.54) is 12.1 Å². The van der Waals surface area contributed by atoms with Crippen molar-refractivity contribution in [2.75, 3.05) is 26.3 Å². The highest BCUT2D eigenvalue weighted by molar-refractivity contribution is 7.81. The molecule has 0 unspecified atom stereocenters. The minimum absolute atomic E-state index is 0.0577. The molecular formula is C32H28N6O6S2. The molecule has 2 heterocycles. The van der Waals surface area contributed by atoms with Gasteiger partial charge in [0.05, 0.1) is 24.2 Å². The van der Waals surface area contributed by atoms with Crippen LogP contribution in [0.15, 0.2) is 72.8 Å². The summed E-state index contributed by atoms with van der Waals surface area (Å²) in [5, 5.41) is 39.0. The van der Waals surface area contributed by atoms with Gasteiger partial charge < -0.3 is 31.3 Å². The van der Waals surface area contributed by atoms with Crippen LogP contribution in [0.2, 0.25) is 0 Å². The van der Waals surface area contributed by atoms with Crippen molar-refractivity contribution in [1.82, 2.24) is 31.7 Å². The average molecular weight is 657 g/mol. The number of hydrogen-bond acceptors (Lipinski definition) is 10. The number of aromatic carboxylic acids is 2. The molecule has 8 N–H and O–H groups in total. The molecule has 46 heavy (non-hydrogen) atoms. The Labute approximate surface area is 273 Å². The average Bonchev–Trinajstić information content (AvgIpc) is 3.07. The van der Waals surface area contributed by atoms with E-state index in [-0.39, 0.29) is 35.6 Å². The number of aliphatic hydroxyl groups is 2. The van der Waals surface area contributed by atoms with Crippen LogP contribution in [0.5, 0.6) is 0 Å². The minimum Gasteiger partial charge on any atom is -0.477 e. The summed E-state index contributed by atoms with van der Waals surface area (Å²) in [7, 11) is 0.